The summed E-state index contributed by atoms with van der Waals surface area (Å²) in [4.78, 5) is 3.20. The molecular weight excluding hydrogens is 198 g/mol. The molecule has 3 rings (SSSR count). The van der Waals surface area contributed by atoms with Crippen LogP contribution in [0.3, 0.4) is 0 Å². The van der Waals surface area contributed by atoms with Gasteiger partial charge in [0.15, 0.2) is 0 Å². The molecule has 16 heavy (non-hydrogen) atoms. The number of benzene rings is 1. The first-order valence-corrected chi connectivity index (χ1v) is 5.50. The molecule has 0 aliphatic heterocycles. The van der Waals surface area contributed by atoms with Crippen LogP contribution in [-0.4, -0.2) is 4.98 Å². The van der Waals surface area contributed by atoms with E-state index in [0.29, 0.717) is 0 Å². The van der Waals surface area contributed by atoms with Crippen molar-refractivity contribution < 1.29 is 0 Å². The van der Waals surface area contributed by atoms with Crippen LogP contribution >= 0.6 is 0 Å². The SMILES string of the molecule is N#CC1(C(N)c2c[nH]c3ccccc23)CC1. The molecule has 0 radical (unpaired) electrons. The van der Waals surface area contributed by atoms with Gasteiger partial charge in [-0.25, -0.2) is 0 Å². The van der Waals surface area contributed by atoms with Gasteiger partial charge in [0.05, 0.1) is 17.5 Å². The maximum Gasteiger partial charge on any atom is 0.0768 e. The lowest BCUT2D eigenvalue weighted by molar-refractivity contribution is 0.522. The average Bonchev–Trinajstić information content (AvgIpc) is 3.02. The summed E-state index contributed by atoms with van der Waals surface area (Å²) in [5.41, 5.74) is 8.05. The van der Waals surface area contributed by atoms with Crippen molar-refractivity contribution in [3.05, 3.63) is 36.0 Å². The van der Waals surface area contributed by atoms with Crippen LogP contribution in [0.25, 0.3) is 10.9 Å². The van der Waals surface area contributed by atoms with Crippen LogP contribution < -0.4 is 5.73 Å². The summed E-state index contributed by atoms with van der Waals surface area (Å²) < 4.78 is 0. The van der Waals surface area contributed by atoms with Gasteiger partial charge in [-0.05, 0) is 24.5 Å². The van der Waals surface area contributed by atoms with Gasteiger partial charge < -0.3 is 10.7 Å². The van der Waals surface area contributed by atoms with Crippen molar-refractivity contribution in [1.82, 2.24) is 4.98 Å². The lowest BCUT2D eigenvalue weighted by Gasteiger charge is -2.15. The Kier molecular flexibility index (Phi) is 1.83. The van der Waals surface area contributed by atoms with Crippen molar-refractivity contribution in [3.63, 3.8) is 0 Å². The fraction of sp³-hybridized carbons (Fsp3) is 0.308. The molecule has 1 atom stereocenters. The van der Waals surface area contributed by atoms with Crippen LogP contribution in [0.5, 0.6) is 0 Å². The summed E-state index contributed by atoms with van der Waals surface area (Å²) in [7, 11) is 0. The maximum absolute atomic E-state index is 9.16. The molecule has 3 N–H and O–H groups in total. The zero-order chi connectivity index (χ0) is 11.2. The lowest BCUT2D eigenvalue weighted by Crippen LogP contribution is -2.21. The van der Waals surface area contributed by atoms with E-state index < -0.39 is 0 Å². The minimum Gasteiger partial charge on any atom is -0.361 e. The molecule has 1 unspecified atom stereocenters. The molecule has 1 aromatic heterocycles. The van der Waals surface area contributed by atoms with Gasteiger partial charge >= 0.3 is 0 Å². The van der Waals surface area contributed by atoms with Gasteiger partial charge in [0, 0.05) is 17.1 Å². The normalized spacial score (nSPS) is 19.2. The van der Waals surface area contributed by atoms with Gasteiger partial charge in [0.2, 0.25) is 0 Å². The molecule has 1 heterocycles. The highest BCUT2D eigenvalue weighted by Crippen LogP contribution is 2.54. The number of nitrogens with two attached hydrogens (primary N) is 1. The summed E-state index contributed by atoms with van der Waals surface area (Å²) in [5, 5.41) is 10.3. The predicted molar refractivity (Wildman–Crippen MR) is 62.5 cm³/mol. The number of rotatable bonds is 2. The molecule has 0 amide bonds. The minimum atomic E-state index is -0.315. The van der Waals surface area contributed by atoms with Gasteiger partial charge in [0.1, 0.15) is 0 Å². The molecule has 0 saturated heterocycles. The van der Waals surface area contributed by atoms with Crippen molar-refractivity contribution in [3.8, 4) is 6.07 Å². The van der Waals surface area contributed by atoms with Crippen LogP contribution in [0.15, 0.2) is 30.5 Å². The third-order valence-electron chi connectivity index (χ3n) is 3.56. The first-order valence-electron chi connectivity index (χ1n) is 5.50. The number of nitrogens with one attached hydrogen (secondary N) is 1. The number of aromatic nitrogens is 1. The summed E-state index contributed by atoms with van der Waals surface area (Å²) in [6.07, 6.45) is 3.78. The predicted octanol–water partition coefficient (Wildman–Crippen LogP) is 2.47. The second-order valence-electron chi connectivity index (χ2n) is 4.54. The molecule has 0 spiro atoms. The Morgan fingerprint density at radius 3 is 2.81 bits per heavy atom. The number of para-hydroxylation sites is 1. The highest BCUT2D eigenvalue weighted by Gasteiger charge is 2.49. The third kappa shape index (κ3) is 1.17. The summed E-state index contributed by atoms with van der Waals surface area (Å²) in [6.45, 7) is 0. The van der Waals surface area contributed by atoms with E-state index in [9.17, 15) is 0 Å². The Labute approximate surface area is 93.9 Å². The Morgan fingerprint density at radius 2 is 2.12 bits per heavy atom. The van der Waals surface area contributed by atoms with Crippen LogP contribution in [-0.2, 0) is 0 Å². The van der Waals surface area contributed by atoms with E-state index in [2.05, 4.69) is 17.1 Å². The summed E-state index contributed by atoms with van der Waals surface area (Å²) >= 11 is 0. The van der Waals surface area contributed by atoms with Gasteiger partial charge in [-0.2, -0.15) is 5.26 Å². The van der Waals surface area contributed by atoms with E-state index in [4.69, 9.17) is 11.0 Å². The summed E-state index contributed by atoms with van der Waals surface area (Å²) in [6, 6.07) is 10.3. The third-order valence-corrected chi connectivity index (χ3v) is 3.56. The second kappa shape index (κ2) is 3.10. The first kappa shape index (κ1) is 9.44. The van der Waals surface area contributed by atoms with Gasteiger partial charge in [-0.15, -0.1) is 0 Å². The smallest absolute Gasteiger partial charge is 0.0768 e. The molecule has 1 aliphatic rings. The van der Waals surface area contributed by atoms with E-state index in [1.54, 1.807) is 0 Å². The molecule has 0 bridgehead atoms. The molecule has 2 aromatic rings. The molecule has 3 heteroatoms. The average molecular weight is 211 g/mol. The fourth-order valence-electron chi connectivity index (χ4n) is 2.28. The number of hydrogen-bond acceptors (Lipinski definition) is 2. The zero-order valence-corrected chi connectivity index (χ0v) is 8.90. The molecule has 1 fully saturated rings. The van der Waals surface area contributed by atoms with E-state index in [1.165, 1.54) is 0 Å². The van der Waals surface area contributed by atoms with Gasteiger partial charge in [-0.3, -0.25) is 0 Å². The molecule has 1 saturated carbocycles. The molecule has 3 nitrogen and oxygen atoms in total. The van der Waals surface area contributed by atoms with E-state index in [1.807, 2.05) is 24.4 Å². The lowest BCUT2D eigenvalue weighted by atomic mass is 9.92. The molecule has 1 aromatic carbocycles. The minimum absolute atomic E-state index is 0.173. The van der Waals surface area contributed by atoms with E-state index in [0.717, 1.165) is 29.3 Å². The van der Waals surface area contributed by atoms with E-state index in [-0.39, 0.29) is 11.5 Å². The van der Waals surface area contributed by atoms with Crippen LogP contribution in [0, 0.1) is 16.7 Å². The number of nitrogens with zero attached hydrogens (tertiary/aromatic N) is 1. The van der Waals surface area contributed by atoms with Crippen LogP contribution in [0.1, 0.15) is 24.4 Å². The highest BCUT2D eigenvalue weighted by molar-refractivity contribution is 5.83. The number of nitriles is 1. The Bertz CT molecular complexity index is 572. The number of hydrogen-bond donors (Lipinski definition) is 2. The van der Waals surface area contributed by atoms with Crippen molar-refractivity contribution >= 4 is 10.9 Å². The first-order chi connectivity index (χ1) is 7.77. The van der Waals surface area contributed by atoms with Crippen LogP contribution in [0.2, 0.25) is 0 Å². The molecule has 1 aliphatic carbocycles. The van der Waals surface area contributed by atoms with E-state index >= 15 is 0 Å². The van der Waals surface area contributed by atoms with Crippen molar-refractivity contribution in [2.45, 2.75) is 18.9 Å². The Hall–Kier alpha value is -1.79. The van der Waals surface area contributed by atoms with Gasteiger partial charge in [-0.1, -0.05) is 18.2 Å². The van der Waals surface area contributed by atoms with Crippen molar-refractivity contribution in [1.29, 1.82) is 5.26 Å². The molecule has 80 valence electrons. The standard InChI is InChI=1S/C13H13N3/c14-8-13(5-6-13)12(15)10-7-16-11-4-2-1-3-9(10)11/h1-4,7,12,16H,5-6,15H2. The molecular formula is C13H13N3. The summed E-state index contributed by atoms with van der Waals surface area (Å²) in [5.74, 6) is 0. The fourth-order valence-corrected chi connectivity index (χ4v) is 2.28. The largest absolute Gasteiger partial charge is 0.361 e. The Balaban J connectivity index is 2.10. The monoisotopic (exact) mass is 211 g/mol. The highest BCUT2D eigenvalue weighted by atomic mass is 14.8. The number of H-pyrrole nitrogens is 1. The van der Waals surface area contributed by atoms with Crippen molar-refractivity contribution in [2.75, 3.05) is 0 Å². The number of fused-ring (bicyclic) bond motifs is 1. The van der Waals surface area contributed by atoms with Crippen molar-refractivity contribution in [2.24, 2.45) is 11.1 Å². The zero-order valence-electron chi connectivity index (χ0n) is 8.90. The second-order valence-corrected chi connectivity index (χ2v) is 4.54. The Morgan fingerprint density at radius 1 is 1.38 bits per heavy atom. The maximum atomic E-state index is 9.16. The van der Waals surface area contributed by atoms with Crippen LogP contribution in [0.4, 0.5) is 0 Å². The number of aromatic amines is 1. The van der Waals surface area contributed by atoms with Gasteiger partial charge in [0.25, 0.3) is 0 Å². The topological polar surface area (TPSA) is 65.6 Å². The quantitative estimate of drug-likeness (QED) is 0.801.